The molecule has 0 aliphatic carbocycles. The summed E-state index contributed by atoms with van der Waals surface area (Å²) in [6.07, 6.45) is 1.19. The number of sulfonamides is 1. The maximum absolute atomic E-state index is 13.2. The van der Waals surface area contributed by atoms with E-state index in [4.69, 9.17) is 5.84 Å². The third-order valence-corrected chi connectivity index (χ3v) is 4.40. The summed E-state index contributed by atoms with van der Waals surface area (Å²) in [6.45, 7) is 1.63. The minimum absolute atomic E-state index is 0.00440. The van der Waals surface area contributed by atoms with Crippen molar-refractivity contribution in [2.45, 2.75) is 17.9 Å². The summed E-state index contributed by atoms with van der Waals surface area (Å²) in [5.74, 6) is 5.10. The second-order valence-electron chi connectivity index (χ2n) is 4.42. The highest BCUT2D eigenvalue weighted by Crippen LogP contribution is 2.17. The van der Waals surface area contributed by atoms with Crippen LogP contribution in [0.5, 0.6) is 0 Å². The molecule has 2 rings (SSSR count). The molecule has 0 spiro atoms. The standard InChI is InChI=1S/C13H15FN4O2S/c1-9(10-3-2-4-11(14)7-10)18-21(19,20)12-5-6-13(17-15)16-8-12/h2-9,18H,15H2,1H3,(H,16,17). The van der Waals surface area contributed by atoms with E-state index in [1.807, 2.05) is 0 Å². The van der Waals surface area contributed by atoms with Crippen LogP contribution in [0.2, 0.25) is 0 Å². The van der Waals surface area contributed by atoms with E-state index in [9.17, 15) is 12.8 Å². The SMILES string of the molecule is CC(NS(=O)(=O)c1ccc(NN)nc1)c1cccc(F)c1. The normalized spacial score (nSPS) is 12.9. The zero-order valence-electron chi connectivity index (χ0n) is 11.2. The molecule has 4 N–H and O–H groups in total. The highest BCUT2D eigenvalue weighted by molar-refractivity contribution is 7.89. The minimum atomic E-state index is -3.75. The van der Waals surface area contributed by atoms with Crippen molar-refractivity contribution in [3.63, 3.8) is 0 Å². The monoisotopic (exact) mass is 310 g/mol. The zero-order valence-corrected chi connectivity index (χ0v) is 12.1. The number of nitrogens with two attached hydrogens (primary N) is 1. The predicted molar refractivity (Wildman–Crippen MR) is 77.2 cm³/mol. The number of benzene rings is 1. The first-order valence-corrected chi connectivity index (χ1v) is 7.61. The Morgan fingerprint density at radius 2 is 2.05 bits per heavy atom. The van der Waals surface area contributed by atoms with Crippen molar-refractivity contribution >= 4 is 15.8 Å². The number of nitrogen functional groups attached to an aromatic ring is 1. The first-order valence-electron chi connectivity index (χ1n) is 6.13. The summed E-state index contributed by atoms with van der Waals surface area (Å²) in [5.41, 5.74) is 2.84. The molecule has 21 heavy (non-hydrogen) atoms. The predicted octanol–water partition coefficient (Wildman–Crippen LogP) is 1.55. The van der Waals surface area contributed by atoms with Crippen LogP contribution >= 0.6 is 0 Å². The molecule has 6 nitrogen and oxygen atoms in total. The third kappa shape index (κ3) is 3.75. The number of nitrogens with zero attached hydrogens (tertiary/aromatic N) is 1. The molecule has 0 bridgehead atoms. The van der Waals surface area contributed by atoms with Crippen molar-refractivity contribution in [3.05, 3.63) is 54.0 Å². The zero-order chi connectivity index (χ0) is 15.5. The van der Waals surface area contributed by atoms with Crippen molar-refractivity contribution in [1.82, 2.24) is 9.71 Å². The lowest BCUT2D eigenvalue weighted by atomic mass is 10.1. The molecule has 112 valence electrons. The summed E-state index contributed by atoms with van der Waals surface area (Å²) in [6, 6.07) is 8.01. The Kier molecular flexibility index (Phi) is 4.51. The van der Waals surface area contributed by atoms with Crippen LogP contribution in [0.25, 0.3) is 0 Å². The maximum atomic E-state index is 13.2. The van der Waals surface area contributed by atoms with Gasteiger partial charge in [-0.15, -0.1) is 0 Å². The van der Waals surface area contributed by atoms with E-state index >= 15 is 0 Å². The van der Waals surface area contributed by atoms with E-state index in [2.05, 4.69) is 15.1 Å². The van der Waals surface area contributed by atoms with Gasteiger partial charge in [-0.3, -0.25) is 0 Å². The van der Waals surface area contributed by atoms with Gasteiger partial charge in [0.2, 0.25) is 10.0 Å². The molecular formula is C13H15FN4O2S. The molecule has 0 aliphatic rings. The second kappa shape index (κ2) is 6.17. The van der Waals surface area contributed by atoms with Gasteiger partial charge in [0.05, 0.1) is 0 Å². The highest BCUT2D eigenvalue weighted by atomic mass is 32.2. The molecule has 0 saturated carbocycles. The van der Waals surface area contributed by atoms with Gasteiger partial charge in [0.15, 0.2) is 0 Å². The van der Waals surface area contributed by atoms with E-state index in [-0.39, 0.29) is 4.90 Å². The smallest absolute Gasteiger partial charge is 0.242 e. The summed E-state index contributed by atoms with van der Waals surface area (Å²) >= 11 is 0. The molecule has 1 atom stereocenters. The largest absolute Gasteiger partial charge is 0.308 e. The molecule has 2 aromatic rings. The Labute approximate surface area is 122 Å². The van der Waals surface area contributed by atoms with Crippen LogP contribution in [0.15, 0.2) is 47.5 Å². The van der Waals surface area contributed by atoms with Crippen LogP contribution in [0.4, 0.5) is 10.2 Å². The van der Waals surface area contributed by atoms with Gasteiger partial charge in [0, 0.05) is 12.2 Å². The number of rotatable bonds is 5. The number of hydrogen-bond acceptors (Lipinski definition) is 5. The first kappa shape index (κ1) is 15.4. The van der Waals surface area contributed by atoms with Gasteiger partial charge in [-0.1, -0.05) is 12.1 Å². The number of aromatic nitrogens is 1. The summed E-state index contributed by atoms with van der Waals surface area (Å²) in [7, 11) is -3.75. The van der Waals surface area contributed by atoms with Crippen molar-refractivity contribution in [3.8, 4) is 0 Å². The van der Waals surface area contributed by atoms with E-state index in [0.717, 1.165) is 0 Å². The van der Waals surface area contributed by atoms with E-state index < -0.39 is 21.9 Å². The lowest BCUT2D eigenvalue weighted by Crippen LogP contribution is -2.27. The van der Waals surface area contributed by atoms with Crippen LogP contribution < -0.4 is 16.0 Å². The van der Waals surface area contributed by atoms with Gasteiger partial charge in [-0.05, 0) is 36.8 Å². The van der Waals surface area contributed by atoms with Crippen LogP contribution in [-0.2, 0) is 10.0 Å². The Balaban J connectivity index is 2.20. The van der Waals surface area contributed by atoms with Crippen LogP contribution in [0.3, 0.4) is 0 Å². The Morgan fingerprint density at radius 3 is 2.62 bits per heavy atom. The maximum Gasteiger partial charge on any atom is 0.242 e. The number of anilines is 1. The van der Waals surface area contributed by atoms with Gasteiger partial charge in [0.25, 0.3) is 0 Å². The fourth-order valence-corrected chi connectivity index (χ4v) is 2.95. The van der Waals surface area contributed by atoms with Gasteiger partial charge < -0.3 is 5.43 Å². The topological polar surface area (TPSA) is 97.1 Å². The third-order valence-electron chi connectivity index (χ3n) is 2.88. The second-order valence-corrected chi connectivity index (χ2v) is 6.14. The molecule has 1 heterocycles. The molecule has 0 amide bonds. The van der Waals surface area contributed by atoms with Crippen LogP contribution in [0, 0.1) is 5.82 Å². The Morgan fingerprint density at radius 1 is 1.29 bits per heavy atom. The number of hydrazine groups is 1. The van der Waals surface area contributed by atoms with Crippen LogP contribution in [0.1, 0.15) is 18.5 Å². The fraction of sp³-hybridized carbons (Fsp3) is 0.154. The number of pyridine rings is 1. The van der Waals surface area contributed by atoms with Gasteiger partial charge in [-0.25, -0.2) is 28.4 Å². The first-order chi connectivity index (χ1) is 9.92. The van der Waals surface area contributed by atoms with E-state index in [1.165, 1.54) is 36.5 Å². The van der Waals surface area contributed by atoms with Crippen molar-refractivity contribution in [2.24, 2.45) is 5.84 Å². The molecule has 0 saturated heterocycles. The molecule has 1 aromatic heterocycles. The van der Waals surface area contributed by atoms with E-state index in [0.29, 0.717) is 11.4 Å². The summed E-state index contributed by atoms with van der Waals surface area (Å²) in [4.78, 5) is 3.85. The number of hydrogen-bond donors (Lipinski definition) is 3. The fourth-order valence-electron chi connectivity index (χ4n) is 1.77. The summed E-state index contributed by atoms with van der Waals surface area (Å²) in [5, 5.41) is 0. The quantitative estimate of drug-likeness (QED) is 0.575. The number of nitrogens with one attached hydrogen (secondary N) is 2. The van der Waals surface area contributed by atoms with Crippen molar-refractivity contribution < 1.29 is 12.8 Å². The van der Waals surface area contributed by atoms with Gasteiger partial charge in [0.1, 0.15) is 16.5 Å². The van der Waals surface area contributed by atoms with E-state index in [1.54, 1.807) is 13.0 Å². The highest BCUT2D eigenvalue weighted by Gasteiger charge is 2.19. The Hall–Kier alpha value is -2.03. The molecule has 0 radical (unpaired) electrons. The minimum Gasteiger partial charge on any atom is -0.308 e. The van der Waals surface area contributed by atoms with Crippen molar-refractivity contribution in [2.75, 3.05) is 5.43 Å². The average Bonchev–Trinajstić information content (AvgIpc) is 2.47. The molecule has 0 fully saturated rings. The molecule has 0 aliphatic heterocycles. The summed E-state index contributed by atoms with van der Waals surface area (Å²) < 4.78 is 40.0. The molecule has 1 unspecified atom stereocenters. The van der Waals surface area contributed by atoms with Crippen LogP contribution in [-0.4, -0.2) is 13.4 Å². The lowest BCUT2D eigenvalue weighted by Gasteiger charge is -2.14. The number of halogens is 1. The molecule has 1 aromatic carbocycles. The average molecular weight is 310 g/mol. The van der Waals surface area contributed by atoms with Gasteiger partial charge >= 0.3 is 0 Å². The Bertz CT molecular complexity index is 719. The van der Waals surface area contributed by atoms with Crippen molar-refractivity contribution in [1.29, 1.82) is 0 Å². The van der Waals surface area contributed by atoms with Gasteiger partial charge in [-0.2, -0.15) is 0 Å². The molecule has 8 heteroatoms. The lowest BCUT2D eigenvalue weighted by molar-refractivity contribution is 0.564. The molecular weight excluding hydrogens is 295 g/mol.